The first-order valence-electron chi connectivity index (χ1n) is 7.74. The number of H-pyrrole nitrogens is 1. The van der Waals surface area contributed by atoms with E-state index in [0.717, 1.165) is 5.69 Å². The van der Waals surface area contributed by atoms with Crippen LogP contribution in [0.5, 0.6) is 0 Å². The average Bonchev–Trinajstić information content (AvgIpc) is 2.61. The Labute approximate surface area is 142 Å². The third-order valence-corrected chi connectivity index (χ3v) is 4.01. The quantitative estimate of drug-likeness (QED) is 0.564. The molecule has 0 fully saturated rings. The van der Waals surface area contributed by atoms with Crippen molar-refractivity contribution >= 4 is 27.9 Å². The van der Waals surface area contributed by atoms with E-state index in [1.807, 2.05) is 55.4 Å². The number of aromatic amines is 1. The molecule has 2 aromatic carbocycles. The normalized spacial score (nSPS) is 11.1. The molecule has 1 N–H and O–H groups in total. The highest BCUT2D eigenvalue weighted by Crippen LogP contribution is 2.20. The summed E-state index contributed by atoms with van der Waals surface area (Å²) in [5.41, 5.74) is 2.08. The number of nitrogens with zero attached hydrogens (tertiary/aromatic N) is 4. The second-order valence-electron chi connectivity index (χ2n) is 5.89. The van der Waals surface area contributed by atoms with Gasteiger partial charge in [-0.05, 0) is 30.3 Å². The maximum Gasteiger partial charge on any atom is 0.334 e. The summed E-state index contributed by atoms with van der Waals surface area (Å²) in [6, 6.07) is 14.6. The molecule has 0 aliphatic rings. The molecule has 0 saturated heterocycles. The van der Waals surface area contributed by atoms with Gasteiger partial charge >= 0.3 is 5.69 Å². The van der Waals surface area contributed by atoms with Crippen LogP contribution in [0.25, 0.3) is 27.9 Å². The van der Waals surface area contributed by atoms with Crippen LogP contribution in [0.2, 0.25) is 0 Å². The molecule has 2 aromatic heterocycles. The summed E-state index contributed by atoms with van der Waals surface area (Å²) >= 11 is 0. The molecule has 0 amide bonds. The third-order valence-electron chi connectivity index (χ3n) is 4.01. The minimum Gasteiger partial charge on any atom is -0.378 e. The number of rotatable bonds is 2. The molecular weight excluding hydrogens is 318 g/mol. The molecule has 7 heteroatoms. The van der Waals surface area contributed by atoms with Gasteiger partial charge in [0.05, 0.1) is 16.7 Å². The van der Waals surface area contributed by atoms with E-state index in [1.54, 1.807) is 12.1 Å². The highest BCUT2D eigenvalue weighted by atomic mass is 16.2. The maximum absolute atomic E-state index is 12.4. The highest BCUT2D eigenvalue weighted by Gasteiger charge is 2.13. The van der Waals surface area contributed by atoms with Gasteiger partial charge < -0.3 is 4.90 Å². The smallest absolute Gasteiger partial charge is 0.334 e. The minimum atomic E-state index is -0.543. The van der Waals surface area contributed by atoms with Crippen molar-refractivity contribution in [2.24, 2.45) is 0 Å². The van der Waals surface area contributed by atoms with Gasteiger partial charge in [0.1, 0.15) is 0 Å². The van der Waals surface area contributed by atoms with E-state index in [4.69, 9.17) is 0 Å². The molecule has 0 radical (unpaired) electrons. The number of nitrogens with one attached hydrogen (secondary N) is 1. The molecule has 124 valence electrons. The Bertz CT molecular complexity index is 1210. The highest BCUT2D eigenvalue weighted by molar-refractivity contribution is 5.86. The molecule has 4 rings (SSSR count). The van der Waals surface area contributed by atoms with Gasteiger partial charge in [-0.25, -0.2) is 19.3 Å². The van der Waals surface area contributed by atoms with Gasteiger partial charge in [-0.15, -0.1) is 0 Å². The monoisotopic (exact) mass is 333 g/mol. The lowest BCUT2D eigenvalue weighted by Gasteiger charge is -2.13. The molecule has 0 atom stereocenters. The summed E-state index contributed by atoms with van der Waals surface area (Å²) in [7, 11) is 3.86. The second kappa shape index (κ2) is 5.55. The summed E-state index contributed by atoms with van der Waals surface area (Å²) in [6.07, 6.45) is 0. The first-order chi connectivity index (χ1) is 12.0. The molecular formula is C18H15N5O2. The topological polar surface area (TPSA) is 83.9 Å². The van der Waals surface area contributed by atoms with E-state index < -0.39 is 11.2 Å². The van der Waals surface area contributed by atoms with E-state index >= 15 is 0 Å². The SMILES string of the molecule is CN(C)c1ccc2nc3c(=O)[nH]c(=O)n(-c4ccccc4)c3nc2c1. The van der Waals surface area contributed by atoms with Crippen molar-refractivity contribution in [3.63, 3.8) is 0 Å². The second-order valence-corrected chi connectivity index (χ2v) is 5.89. The zero-order valence-corrected chi connectivity index (χ0v) is 13.7. The molecule has 0 unspecified atom stereocenters. The van der Waals surface area contributed by atoms with Crippen LogP contribution in [0, 0.1) is 0 Å². The van der Waals surface area contributed by atoms with Gasteiger partial charge in [0.2, 0.25) is 0 Å². The lowest BCUT2D eigenvalue weighted by molar-refractivity contribution is 0.923. The summed E-state index contributed by atoms with van der Waals surface area (Å²) in [6.45, 7) is 0. The lowest BCUT2D eigenvalue weighted by atomic mass is 10.2. The van der Waals surface area contributed by atoms with Crippen molar-refractivity contribution in [3.8, 4) is 5.69 Å². The van der Waals surface area contributed by atoms with Gasteiger partial charge in [-0.1, -0.05) is 18.2 Å². The van der Waals surface area contributed by atoms with E-state index in [2.05, 4.69) is 15.0 Å². The fourth-order valence-corrected chi connectivity index (χ4v) is 2.74. The molecule has 2 heterocycles. The van der Waals surface area contributed by atoms with E-state index in [-0.39, 0.29) is 11.2 Å². The Morgan fingerprint density at radius 3 is 2.44 bits per heavy atom. The molecule has 0 bridgehead atoms. The molecule has 25 heavy (non-hydrogen) atoms. The molecule has 0 aliphatic heterocycles. The van der Waals surface area contributed by atoms with Crippen LogP contribution < -0.4 is 16.1 Å². The summed E-state index contributed by atoms with van der Waals surface area (Å²) < 4.78 is 1.37. The number of hydrogen-bond donors (Lipinski definition) is 1. The Morgan fingerprint density at radius 2 is 1.72 bits per heavy atom. The van der Waals surface area contributed by atoms with Gasteiger partial charge in [0, 0.05) is 19.8 Å². The number of benzene rings is 2. The Kier molecular flexibility index (Phi) is 3.35. The summed E-state index contributed by atoms with van der Waals surface area (Å²) in [5.74, 6) is 0. The van der Waals surface area contributed by atoms with Crippen LogP contribution in [0.3, 0.4) is 0 Å². The fraction of sp³-hybridized carbons (Fsp3) is 0.111. The Balaban J connectivity index is 2.14. The van der Waals surface area contributed by atoms with Crippen molar-refractivity contribution in [2.75, 3.05) is 19.0 Å². The van der Waals surface area contributed by atoms with Gasteiger partial charge in [-0.2, -0.15) is 0 Å². The Morgan fingerprint density at radius 1 is 0.960 bits per heavy atom. The van der Waals surface area contributed by atoms with Crippen LogP contribution in [0.4, 0.5) is 5.69 Å². The fourth-order valence-electron chi connectivity index (χ4n) is 2.74. The maximum atomic E-state index is 12.4. The number of fused-ring (bicyclic) bond motifs is 2. The lowest BCUT2D eigenvalue weighted by Crippen LogP contribution is -2.30. The predicted molar refractivity (Wildman–Crippen MR) is 97.6 cm³/mol. The van der Waals surface area contributed by atoms with Crippen LogP contribution in [0.1, 0.15) is 0 Å². The van der Waals surface area contributed by atoms with Crippen LogP contribution in [0.15, 0.2) is 58.1 Å². The number of para-hydroxylation sites is 1. The largest absolute Gasteiger partial charge is 0.378 e. The van der Waals surface area contributed by atoms with E-state index in [0.29, 0.717) is 16.7 Å². The third kappa shape index (κ3) is 2.46. The van der Waals surface area contributed by atoms with Crippen molar-refractivity contribution in [1.82, 2.24) is 19.5 Å². The summed E-state index contributed by atoms with van der Waals surface area (Å²) in [4.78, 5) is 37.9. The molecule has 0 spiro atoms. The van der Waals surface area contributed by atoms with Crippen LogP contribution in [-0.4, -0.2) is 33.6 Å². The molecule has 0 aliphatic carbocycles. The average molecular weight is 333 g/mol. The van der Waals surface area contributed by atoms with Crippen molar-refractivity contribution in [3.05, 3.63) is 69.4 Å². The van der Waals surface area contributed by atoms with E-state index in [9.17, 15) is 9.59 Å². The molecule has 0 saturated carbocycles. The molecule has 7 nitrogen and oxygen atoms in total. The zero-order valence-electron chi connectivity index (χ0n) is 13.7. The van der Waals surface area contributed by atoms with Crippen LogP contribution in [-0.2, 0) is 0 Å². The predicted octanol–water partition coefficient (Wildman–Crippen LogP) is 1.69. The first-order valence-corrected chi connectivity index (χ1v) is 7.74. The van der Waals surface area contributed by atoms with E-state index in [1.165, 1.54) is 4.57 Å². The molecule has 4 aromatic rings. The van der Waals surface area contributed by atoms with Crippen molar-refractivity contribution < 1.29 is 0 Å². The number of aromatic nitrogens is 4. The number of anilines is 1. The van der Waals surface area contributed by atoms with Crippen LogP contribution >= 0.6 is 0 Å². The zero-order chi connectivity index (χ0) is 17.6. The van der Waals surface area contributed by atoms with Crippen molar-refractivity contribution in [1.29, 1.82) is 0 Å². The Hall–Kier alpha value is -3.48. The van der Waals surface area contributed by atoms with Gasteiger partial charge in [-0.3, -0.25) is 9.78 Å². The standard InChI is InChI=1S/C18H15N5O2/c1-22(2)12-8-9-13-14(10-12)20-16-15(19-13)17(24)21-18(25)23(16)11-6-4-3-5-7-11/h3-10H,1-2H3,(H,21,24,25). The van der Waals surface area contributed by atoms with Gasteiger partial charge in [0.15, 0.2) is 11.2 Å². The number of hydrogen-bond acceptors (Lipinski definition) is 5. The summed E-state index contributed by atoms with van der Waals surface area (Å²) in [5, 5.41) is 0. The first kappa shape index (κ1) is 15.1. The minimum absolute atomic E-state index is 0.133. The van der Waals surface area contributed by atoms with Crippen molar-refractivity contribution in [2.45, 2.75) is 0 Å². The van der Waals surface area contributed by atoms with Gasteiger partial charge in [0.25, 0.3) is 5.56 Å².